The number of hydrogen-bond acceptors (Lipinski definition) is 13. The van der Waals surface area contributed by atoms with Crippen molar-refractivity contribution in [1.82, 2.24) is 36.1 Å². The number of carbonyl (C=O) groups excluding carboxylic acids is 6. The lowest BCUT2D eigenvalue weighted by Gasteiger charge is -2.32. The average Bonchev–Trinajstić information content (AvgIpc) is 3.95. The van der Waals surface area contributed by atoms with Crippen LogP contribution in [-0.2, 0) is 30.3 Å². The maximum atomic E-state index is 13.2. The molecule has 18 nitrogen and oxygen atoms in total. The second-order valence-electron chi connectivity index (χ2n) is 18.2. The number of ether oxygens (including phenoxy) is 4. The fourth-order valence-corrected chi connectivity index (χ4v) is 10.7. The minimum atomic E-state index is -0.265. The van der Waals surface area contributed by atoms with Gasteiger partial charge in [-0.3, -0.25) is 33.9 Å². The minimum Gasteiger partial charge on any atom is -0.497 e. The van der Waals surface area contributed by atoms with Crippen molar-refractivity contribution in [2.24, 2.45) is 5.92 Å². The molecule has 0 aliphatic carbocycles. The highest BCUT2D eigenvalue weighted by Crippen LogP contribution is 2.33. The van der Waals surface area contributed by atoms with E-state index in [4.69, 9.17) is 18.9 Å². The molecule has 1 aromatic heterocycles. The minimum absolute atomic E-state index is 0.0151. The number of thioether (sulfide) groups is 1. The smallest absolute Gasteiger partial charge is 0.315 e. The highest BCUT2D eigenvalue weighted by Gasteiger charge is 2.42. The Morgan fingerprint density at radius 2 is 1.46 bits per heavy atom. The van der Waals surface area contributed by atoms with Crippen molar-refractivity contribution in [2.45, 2.75) is 87.7 Å². The van der Waals surface area contributed by atoms with Gasteiger partial charge in [-0.15, -0.1) is 0 Å². The molecule has 378 valence electrons. The van der Waals surface area contributed by atoms with Crippen molar-refractivity contribution in [3.05, 3.63) is 89.2 Å². The van der Waals surface area contributed by atoms with Gasteiger partial charge >= 0.3 is 6.03 Å². The van der Waals surface area contributed by atoms with E-state index in [0.29, 0.717) is 94.1 Å². The summed E-state index contributed by atoms with van der Waals surface area (Å²) in [7, 11) is 1.59. The van der Waals surface area contributed by atoms with Crippen molar-refractivity contribution in [1.29, 1.82) is 0 Å². The first-order valence-corrected chi connectivity index (χ1v) is 25.7. The molecule has 3 aromatic rings. The molecule has 6 amide bonds. The summed E-state index contributed by atoms with van der Waals surface area (Å²) >= 11 is 1.89. The van der Waals surface area contributed by atoms with Crippen molar-refractivity contribution in [2.75, 3.05) is 90.5 Å². The zero-order valence-corrected chi connectivity index (χ0v) is 40.9. The van der Waals surface area contributed by atoms with Gasteiger partial charge in [0.15, 0.2) is 5.78 Å². The highest BCUT2D eigenvalue weighted by molar-refractivity contribution is 8.00. The maximum absolute atomic E-state index is 13.2. The largest absolute Gasteiger partial charge is 0.497 e. The molecular formula is C51H68N8O10S. The van der Waals surface area contributed by atoms with Crippen LogP contribution in [0.5, 0.6) is 5.75 Å². The predicted molar refractivity (Wildman–Crippen MR) is 265 cm³/mol. The van der Waals surface area contributed by atoms with Gasteiger partial charge in [0.2, 0.25) is 11.8 Å². The topological polar surface area (TPSA) is 219 Å². The summed E-state index contributed by atoms with van der Waals surface area (Å²) in [5.41, 5.74) is 3.17. The van der Waals surface area contributed by atoms with Gasteiger partial charge in [0, 0.05) is 86.1 Å². The predicted octanol–water partition coefficient (Wildman–Crippen LogP) is 4.44. The lowest BCUT2D eigenvalue weighted by atomic mass is 9.88. The molecule has 7 rings (SSSR count). The Kier molecular flexibility index (Phi) is 20.2. The summed E-state index contributed by atoms with van der Waals surface area (Å²) < 4.78 is 21.8. The van der Waals surface area contributed by atoms with Crippen LogP contribution in [0.1, 0.15) is 94.6 Å². The Morgan fingerprint density at radius 1 is 0.757 bits per heavy atom. The van der Waals surface area contributed by atoms with Crippen LogP contribution in [0.4, 0.5) is 10.5 Å². The third-order valence-corrected chi connectivity index (χ3v) is 14.7. The molecule has 0 spiro atoms. The van der Waals surface area contributed by atoms with E-state index in [9.17, 15) is 28.8 Å². The van der Waals surface area contributed by atoms with Gasteiger partial charge < -0.3 is 50.4 Å². The Hall–Kier alpha value is -5.60. The van der Waals surface area contributed by atoms with Crippen LogP contribution in [0.3, 0.4) is 0 Å². The molecule has 4 aliphatic rings. The fourth-order valence-electron chi connectivity index (χ4n) is 9.17. The van der Waals surface area contributed by atoms with Crippen LogP contribution in [-0.4, -0.2) is 159 Å². The summed E-state index contributed by atoms with van der Waals surface area (Å²) in [5, 5.41) is 15.3. The van der Waals surface area contributed by atoms with Gasteiger partial charge in [-0.1, -0.05) is 18.6 Å². The zero-order chi connectivity index (χ0) is 49.1. The summed E-state index contributed by atoms with van der Waals surface area (Å²) in [6.07, 6.45) is 7.69. The van der Waals surface area contributed by atoms with Crippen LogP contribution < -0.4 is 31.3 Å². The van der Waals surface area contributed by atoms with Gasteiger partial charge in [-0.05, 0) is 92.6 Å². The number of ketones is 1. The molecular weight excluding hydrogens is 917 g/mol. The number of nitrogens with zero attached hydrogens (tertiary/aromatic N) is 3. The second-order valence-corrected chi connectivity index (χ2v) is 19.4. The third-order valence-electron chi connectivity index (χ3n) is 13.2. The number of fused-ring (bicyclic) bond motifs is 1. The van der Waals surface area contributed by atoms with Gasteiger partial charge in [0.1, 0.15) is 11.4 Å². The summed E-state index contributed by atoms with van der Waals surface area (Å²) in [5.74, 6) is 1.05. The van der Waals surface area contributed by atoms with Crippen LogP contribution in [0, 0.1) is 5.92 Å². The van der Waals surface area contributed by atoms with Crippen molar-refractivity contribution < 1.29 is 47.7 Å². The number of hydrogen-bond donors (Lipinski definition) is 5. The molecule has 5 N–H and O–H groups in total. The monoisotopic (exact) mass is 984 g/mol. The van der Waals surface area contributed by atoms with E-state index in [1.807, 2.05) is 36.0 Å². The number of carbonyl (C=O) groups is 6. The van der Waals surface area contributed by atoms with Gasteiger partial charge in [0.25, 0.3) is 11.8 Å². The van der Waals surface area contributed by atoms with Crippen LogP contribution in [0.2, 0.25) is 0 Å². The Morgan fingerprint density at radius 3 is 2.16 bits per heavy atom. The molecule has 0 unspecified atom stereocenters. The SMILES string of the molecule is COc1ccc(C(=O)C2CCN(C(=O)c3ccc(C(=O)NC4CCN(Cc5ccc(NC(=O)CCOCCOCCOCCNC(=O)CCCC[C@@H]6SC[C@@H]7NC(=O)N[C@@H]76)cc5)CC4)nc3)CC2)cc1. The normalized spacial score (nSPS) is 19.5. The van der Waals surface area contributed by atoms with E-state index in [2.05, 4.69) is 36.5 Å². The Balaban J connectivity index is 0.663. The molecule has 3 atom stereocenters. The number of pyridine rings is 1. The number of benzene rings is 2. The number of likely N-dealkylation sites (tertiary alicyclic amines) is 2. The molecule has 4 fully saturated rings. The molecule has 0 bridgehead atoms. The van der Waals surface area contributed by atoms with Crippen molar-refractivity contribution >= 4 is 52.9 Å². The molecule has 19 heteroatoms. The lowest BCUT2D eigenvalue weighted by Crippen LogP contribution is -2.44. The zero-order valence-electron chi connectivity index (χ0n) is 40.1. The molecule has 70 heavy (non-hydrogen) atoms. The van der Waals surface area contributed by atoms with Gasteiger partial charge in [-0.25, -0.2) is 4.79 Å². The summed E-state index contributed by atoms with van der Waals surface area (Å²) in [6, 6.07) is 18.5. The molecule has 4 aliphatic heterocycles. The van der Waals surface area contributed by atoms with E-state index >= 15 is 0 Å². The molecule has 0 saturated carbocycles. The Bertz CT molecular complexity index is 2180. The number of rotatable bonds is 26. The van der Waals surface area contributed by atoms with Gasteiger partial charge in [-0.2, -0.15) is 11.8 Å². The quantitative estimate of drug-likeness (QED) is 0.0428. The second kappa shape index (κ2) is 27.1. The number of amides is 6. The lowest BCUT2D eigenvalue weighted by molar-refractivity contribution is -0.121. The number of piperidine rings is 2. The van der Waals surface area contributed by atoms with E-state index in [1.54, 1.807) is 48.4 Å². The van der Waals surface area contributed by atoms with E-state index in [1.165, 1.54) is 6.20 Å². The van der Waals surface area contributed by atoms with Crippen LogP contribution in [0.15, 0.2) is 66.9 Å². The number of Topliss-reactive ketones (excluding diaryl/α,β-unsaturated/α-hetero) is 1. The first-order valence-electron chi connectivity index (χ1n) is 24.7. The first-order chi connectivity index (χ1) is 34.1. The molecule has 4 saturated heterocycles. The summed E-state index contributed by atoms with van der Waals surface area (Å²) in [6.45, 7) is 6.04. The Labute approximate surface area is 414 Å². The standard InChI is InChI=1S/C51H68N8O10S/c1-66-41-13-8-36(9-14-41)48(62)37-16-24-59(25-17-37)50(64)38-10-15-42(53-32-38)49(63)55-40-18-22-58(23-19-40)33-35-6-11-39(12-7-35)54-46(61)20-26-67-28-30-69-31-29-68-27-21-52-45(60)5-3-2-4-44-47-43(34-70-44)56-51(65)57-47/h6-15,32,37,40,43-44,47H,2-5,16-31,33-34H2,1H3,(H,52,60)(H,54,61)(H,55,63)(H2,56,57,65)/t43-,44-,47-/m0/s1. The van der Waals surface area contributed by atoms with Crippen molar-refractivity contribution in [3.8, 4) is 5.75 Å². The first kappa shape index (κ1) is 52.2. The van der Waals surface area contributed by atoms with Crippen LogP contribution in [0.25, 0.3) is 0 Å². The van der Waals surface area contributed by atoms with Crippen LogP contribution >= 0.6 is 11.8 Å². The number of methoxy groups -OCH3 is 1. The number of aromatic nitrogens is 1. The molecule has 0 radical (unpaired) electrons. The maximum Gasteiger partial charge on any atom is 0.315 e. The molecule has 2 aromatic carbocycles. The number of anilines is 1. The van der Waals surface area contributed by atoms with E-state index in [-0.39, 0.29) is 78.2 Å². The highest BCUT2D eigenvalue weighted by atomic mass is 32.2. The summed E-state index contributed by atoms with van der Waals surface area (Å²) in [4.78, 5) is 83.9. The number of urea groups is 1. The van der Waals surface area contributed by atoms with E-state index < -0.39 is 0 Å². The molecule has 5 heterocycles. The fraction of sp³-hybridized carbons (Fsp3) is 0.549. The number of nitrogens with one attached hydrogen (secondary N) is 5. The third kappa shape index (κ3) is 16.0. The van der Waals surface area contributed by atoms with Gasteiger partial charge in [0.05, 0.1) is 70.8 Å². The van der Waals surface area contributed by atoms with E-state index in [0.717, 1.165) is 68.7 Å². The number of unbranched alkanes of at least 4 members (excludes halogenated alkanes) is 1. The average molecular weight is 985 g/mol. The van der Waals surface area contributed by atoms with Crippen molar-refractivity contribution in [3.63, 3.8) is 0 Å².